The van der Waals surface area contributed by atoms with Crippen molar-refractivity contribution in [1.29, 1.82) is 0 Å². The maximum Gasteiger partial charge on any atom is 0.166 e. The molecule has 0 heterocycles. The van der Waals surface area contributed by atoms with E-state index in [1.165, 1.54) is 5.56 Å². The number of nitrogens with two attached hydrogens (primary N) is 1. The first-order valence-corrected chi connectivity index (χ1v) is 4.71. The summed E-state index contributed by atoms with van der Waals surface area (Å²) in [6.45, 7) is 3.19. The van der Waals surface area contributed by atoms with Crippen LogP contribution >= 0.6 is 0 Å². The van der Waals surface area contributed by atoms with Crippen molar-refractivity contribution < 1.29 is 4.48 Å². The van der Waals surface area contributed by atoms with Crippen LogP contribution in [-0.2, 0) is 0 Å². The predicted molar refractivity (Wildman–Crippen MR) is 56.0 cm³/mol. The van der Waals surface area contributed by atoms with E-state index < -0.39 is 0 Å². The summed E-state index contributed by atoms with van der Waals surface area (Å²) in [7, 11) is 4.30. The zero-order chi connectivity index (χ0) is 9.90. The minimum atomic E-state index is 0.0752. The van der Waals surface area contributed by atoms with Gasteiger partial charge in [-0.2, -0.15) is 0 Å². The maximum atomic E-state index is 6.16. The van der Waals surface area contributed by atoms with Crippen molar-refractivity contribution in [3.63, 3.8) is 0 Å². The van der Waals surface area contributed by atoms with Gasteiger partial charge in [-0.15, -0.1) is 0 Å². The summed E-state index contributed by atoms with van der Waals surface area (Å²) in [6, 6.07) is 10.2. The van der Waals surface area contributed by atoms with Gasteiger partial charge < -0.3 is 4.48 Å². The molecule has 0 saturated carbocycles. The van der Waals surface area contributed by atoms with E-state index in [1.54, 1.807) is 0 Å². The van der Waals surface area contributed by atoms with E-state index >= 15 is 0 Å². The second-order valence-corrected chi connectivity index (χ2v) is 3.95. The first-order chi connectivity index (χ1) is 6.08. The Balaban J connectivity index is 2.85. The van der Waals surface area contributed by atoms with Crippen molar-refractivity contribution >= 4 is 0 Å². The molecule has 0 fully saturated rings. The minimum absolute atomic E-state index is 0.0752. The van der Waals surface area contributed by atoms with Crippen LogP contribution in [0.5, 0.6) is 0 Å². The van der Waals surface area contributed by atoms with Gasteiger partial charge in [0.05, 0.1) is 20.6 Å². The van der Waals surface area contributed by atoms with Crippen molar-refractivity contribution in [2.75, 3.05) is 20.6 Å². The molecule has 13 heavy (non-hydrogen) atoms. The zero-order valence-corrected chi connectivity index (χ0v) is 8.70. The van der Waals surface area contributed by atoms with Gasteiger partial charge in [0.15, 0.2) is 6.17 Å². The largest absolute Gasteiger partial charge is 0.310 e. The molecule has 0 radical (unpaired) electrons. The summed E-state index contributed by atoms with van der Waals surface area (Å²) in [5, 5.41) is 0. The number of nitrogens with zero attached hydrogens (tertiary/aromatic N) is 1. The molecule has 2 N–H and O–H groups in total. The average Bonchev–Trinajstić information content (AvgIpc) is 2.18. The topological polar surface area (TPSA) is 26.0 Å². The quantitative estimate of drug-likeness (QED) is 0.555. The van der Waals surface area contributed by atoms with Crippen LogP contribution in [0.4, 0.5) is 0 Å². The molecule has 1 unspecified atom stereocenters. The number of hydrogen-bond acceptors (Lipinski definition) is 1. The standard InChI is InChI=1S/C11H19N2/c1-4-13(2,3)11(12)10-8-6-5-7-9-10/h5-9,11H,4,12H2,1-3H3/q+1. The van der Waals surface area contributed by atoms with Crippen LogP contribution in [0.2, 0.25) is 0 Å². The molecule has 0 saturated heterocycles. The molecule has 0 aliphatic heterocycles. The van der Waals surface area contributed by atoms with Gasteiger partial charge in [-0.25, -0.2) is 0 Å². The van der Waals surface area contributed by atoms with E-state index in [0.29, 0.717) is 0 Å². The van der Waals surface area contributed by atoms with Crippen LogP contribution in [0.3, 0.4) is 0 Å². The lowest BCUT2D eigenvalue weighted by molar-refractivity contribution is -0.919. The molecule has 2 heteroatoms. The van der Waals surface area contributed by atoms with Crippen LogP contribution in [0, 0.1) is 0 Å². The normalized spacial score (nSPS) is 14.2. The van der Waals surface area contributed by atoms with Crippen molar-refractivity contribution in [2.45, 2.75) is 13.1 Å². The summed E-state index contributed by atoms with van der Waals surface area (Å²) >= 11 is 0. The van der Waals surface area contributed by atoms with Crippen LogP contribution in [-0.4, -0.2) is 25.1 Å². The monoisotopic (exact) mass is 179 g/mol. The molecule has 0 aliphatic carbocycles. The molecular formula is C11H19N2+. The van der Waals surface area contributed by atoms with Crippen molar-refractivity contribution in [3.8, 4) is 0 Å². The third-order valence-corrected chi connectivity index (χ3v) is 2.71. The number of quaternary nitrogens is 1. The second kappa shape index (κ2) is 3.90. The molecule has 0 aliphatic rings. The number of benzene rings is 1. The van der Waals surface area contributed by atoms with Gasteiger partial charge in [0.25, 0.3) is 0 Å². The van der Waals surface area contributed by atoms with Gasteiger partial charge in [-0.1, -0.05) is 30.3 Å². The number of rotatable bonds is 3. The Morgan fingerprint density at radius 2 is 1.77 bits per heavy atom. The van der Waals surface area contributed by atoms with Crippen LogP contribution < -0.4 is 5.73 Å². The summed E-state index contributed by atoms with van der Waals surface area (Å²) in [5.74, 6) is 0. The summed E-state index contributed by atoms with van der Waals surface area (Å²) in [4.78, 5) is 0. The fraction of sp³-hybridized carbons (Fsp3) is 0.455. The van der Waals surface area contributed by atoms with E-state index in [1.807, 2.05) is 18.2 Å². The molecule has 0 spiro atoms. The third-order valence-electron chi connectivity index (χ3n) is 2.71. The lowest BCUT2D eigenvalue weighted by Crippen LogP contribution is -2.47. The smallest absolute Gasteiger partial charge is 0.166 e. The minimum Gasteiger partial charge on any atom is -0.310 e. The van der Waals surface area contributed by atoms with Crippen molar-refractivity contribution in [3.05, 3.63) is 35.9 Å². The average molecular weight is 179 g/mol. The fourth-order valence-electron chi connectivity index (χ4n) is 1.25. The second-order valence-electron chi connectivity index (χ2n) is 3.95. The Hall–Kier alpha value is -0.860. The highest BCUT2D eigenvalue weighted by Gasteiger charge is 2.23. The van der Waals surface area contributed by atoms with Gasteiger partial charge in [0.2, 0.25) is 0 Å². The molecule has 0 amide bonds. The summed E-state index contributed by atoms with van der Waals surface area (Å²) in [6.07, 6.45) is 0.0752. The summed E-state index contributed by atoms with van der Waals surface area (Å²) < 4.78 is 0.823. The summed E-state index contributed by atoms with van der Waals surface area (Å²) in [5.41, 5.74) is 7.36. The van der Waals surface area contributed by atoms with Gasteiger partial charge in [-0.3, -0.25) is 5.73 Å². The lowest BCUT2D eigenvalue weighted by atomic mass is 10.1. The Labute approximate surface area is 80.6 Å². The molecule has 0 aromatic heterocycles. The first-order valence-electron chi connectivity index (χ1n) is 4.71. The van der Waals surface area contributed by atoms with Gasteiger partial charge in [0, 0.05) is 5.56 Å². The molecule has 1 aromatic rings. The molecule has 1 rings (SSSR count). The van der Waals surface area contributed by atoms with Crippen molar-refractivity contribution in [2.24, 2.45) is 5.73 Å². The molecule has 0 bridgehead atoms. The molecule has 2 nitrogen and oxygen atoms in total. The highest BCUT2D eigenvalue weighted by atomic mass is 15.4. The predicted octanol–water partition coefficient (Wildman–Crippen LogP) is 1.74. The number of hydrogen-bond donors (Lipinski definition) is 1. The van der Waals surface area contributed by atoms with E-state index in [9.17, 15) is 0 Å². The Morgan fingerprint density at radius 3 is 2.23 bits per heavy atom. The van der Waals surface area contributed by atoms with Gasteiger partial charge in [0.1, 0.15) is 0 Å². The van der Waals surface area contributed by atoms with E-state index in [0.717, 1.165) is 11.0 Å². The first kappa shape index (κ1) is 10.2. The van der Waals surface area contributed by atoms with Crippen LogP contribution in [0.25, 0.3) is 0 Å². The molecule has 1 aromatic carbocycles. The SMILES string of the molecule is CC[N+](C)(C)C(N)c1ccccc1. The van der Waals surface area contributed by atoms with Gasteiger partial charge >= 0.3 is 0 Å². The van der Waals surface area contributed by atoms with E-state index in [4.69, 9.17) is 5.73 Å². The molecule has 72 valence electrons. The molecular weight excluding hydrogens is 160 g/mol. The Bertz CT molecular complexity index is 254. The van der Waals surface area contributed by atoms with Crippen LogP contribution in [0.1, 0.15) is 18.7 Å². The lowest BCUT2D eigenvalue weighted by Gasteiger charge is -2.34. The van der Waals surface area contributed by atoms with Gasteiger partial charge in [-0.05, 0) is 6.92 Å². The zero-order valence-electron chi connectivity index (χ0n) is 8.70. The highest BCUT2D eigenvalue weighted by Crippen LogP contribution is 2.18. The fourth-order valence-corrected chi connectivity index (χ4v) is 1.25. The van der Waals surface area contributed by atoms with E-state index in [-0.39, 0.29) is 6.17 Å². The van der Waals surface area contributed by atoms with E-state index in [2.05, 4.69) is 33.2 Å². The Kier molecular flexibility index (Phi) is 3.07. The van der Waals surface area contributed by atoms with Crippen molar-refractivity contribution in [1.82, 2.24) is 0 Å². The molecule has 1 atom stereocenters. The third kappa shape index (κ3) is 2.29. The maximum absolute atomic E-state index is 6.16. The highest BCUT2D eigenvalue weighted by molar-refractivity contribution is 5.16. The van der Waals surface area contributed by atoms with Crippen LogP contribution in [0.15, 0.2) is 30.3 Å². The Morgan fingerprint density at radius 1 is 1.23 bits per heavy atom.